The van der Waals surface area contributed by atoms with E-state index in [4.69, 9.17) is 27.9 Å². The first-order chi connectivity index (χ1) is 11.8. The monoisotopic (exact) mass is 402 g/mol. The van der Waals surface area contributed by atoms with Crippen molar-refractivity contribution in [3.05, 3.63) is 58.1 Å². The lowest BCUT2D eigenvalue weighted by molar-refractivity contribution is 0.0937. The zero-order valence-electron chi connectivity index (χ0n) is 13.3. The van der Waals surface area contributed by atoms with Crippen LogP contribution >= 0.6 is 23.2 Å². The minimum Gasteiger partial charge on any atom is -0.383 e. The molecule has 134 valence electrons. The average Bonchev–Trinajstić information content (AvgIpc) is 2.55. The summed E-state index contributed by atoms with van der Waals surface area (Å²) in [6, 6.07) is 10.0. The summed E-state index contributed by atoms with van der Waals surface area (Å²) in [5.41, 5.74) is 0.487. The summed E-state index contributed by atoms with van der Waals surface area (Å²) in [7, 11) is -2.25. The third kappa shape index (κ3) is 5.34. The van der Waals surface area contributed by atoms with Gasteiger partial charge in [0.05, 0.1) is 27.8 Å². The van der Waals surface area contributed by atoms with Crippen molar-refractivity contribution in [2.75, 3.05) is 25.0 Å². The van der Waals surface area contributed by atoms with Crippen molar-refractivity contribution >= 4 is 44.8 Å². The first-order valence-electron chi connectivity index (χ1n) is 7.18. The minimum atomic E-state index is -3.78. The van der Waals surface area contributed by atoms with Crippen LogP contribution < -0.4 is 10.0 Å². The lowest BCUT2D eigenvalue weighted by Gasteiger charge is -2.11. The molecule has 6 nitrogen and oxygen atoms in total. The second-order valence-corrected chi connectivity index (χ2v) is 7.53. The predicted molar refractivity (Wildman–Crippen MR) is 97.9 cm³/mol. The summed E-state index contributed by atoms with van der Waals surface area (Å²) in [5.74, 6) is -0.367. The fraction of sp³-hybridized carbons (Fsp3) is 0.188. The van der Waals surface area contributed by atoms with Gasteiger partial charge < -0.3 is 10.1 Å². The molecule has 0 bridgehead atoms. The van der Waals surface area contributed by atoms with Gasteiger partial charge in [-0.05, 0) is 42.5 Å². The highest BCUT2D eigenvalue weighted by Crippen LogP contribution is 2.24. The number of amides is 1. The van der Waals surface area contributed by atoms with E-state index in [-0.39, 0.29) is 27.1 Å². The average molecular weight is 403 g/mol. The largest absolute Gasteiger partial charge is 0.383 e. The van der Waals surface area contributed by atoms with Crippen molar-refractivity contribution < 1.29 is 17.9 Å². The molecule has 2 aromatic carbocycles. The number of anilines is 1. The molecular formula is C16H16Cl2N2O4S. The Balaban J connectivity index is 2.14. The number of hydrogen-bond donors (Lipinski definition) is 2. The summed E-state index contributed by atoms with van der Waals surface area (Å²) >= 11 is 11.8. The third-order valence-corrected chi connectivity index (χ3v) is 5.14. The van der Waals surface area contributed by atoms with E-state index >= 15 is 0 Å². The quantitative estimate of drug-likeness (QED) is 0.696. The molecule has 0 unspecified atom stereocenters. The second kappa shape index (κ2) is 8.53. The summed E-state index contributed by atoms with van der Waals surface area (Å²) in [6.07, 6.45) is 0. The molecule has 0 fully saturated rings. The van der Waals surface area contributed by atoms with E-state index in [0.29, 0.717) is 18.2 Å². The van der Waals surface area contributed by atoms with Crippen molar-refractivity contribution in [2.45, 2.75) is 4.90 Å². The molecule has 2 rings (SSSR count). The molecule has 0 aliphatic carbocycles. The van der Waals surface area contributed by atoms with Crippen LogP contribution in [0.15, 0.2) is 47.4 Å². The summed E-state index contributed by atoms with van der Waals surface area (Å²) in [6.45, 7) is 0.721. The Kier molecular flexibility index (Phi) is 6.66. The number of sulfonamides is 1. The fourth-order valence-corrected chi connectivity index (χ4v) is 3.39. The molecule has 2 aromatic rings. The normalized spacial score (nSPS) is 11.2. The number of nitrogens with one attached hydrogen (secondary N) is 2. The molecule has 1 amide bonds. The molecular weight excluding hydrogens is 387 g/mol. The maximum atomic E-state index is 12.3. The molecule has 0 saturated carbocycles. The minimum absolute atomic E-state index is 0.0643. The molecule has 2 N–H and O–H groups in total. The zero-order chi connectivity index (χ0) is 18.4. The van der Waals surface area contributed by atoms with Gasteiger partial charge >= 0.3 is 0 Å². The SMILES string of the molecule is COCCNC(=O)c1ccc(NS(=O)(=O)c2ccc(Cl)cc2)cc1Cl. The number of methoxy groups -OCH3 is 1. The second-order valence-electron chi connectivity index (χ2n) is 5.00. The molecule has 0 aliphatic heterocycles. The highest BCUT2D eigenvalue weighted by molar-refractivity contribution is 7.92. The summed E-state index contributed by atoms with van der Waals surface area (Å²) in [4.78, 5) is 12.1. The molecule has 0 aromatic heterocycles. The van der Waals surface area contributed by atoms with Gasteiger partial charge in [-0.2, -0.15) is 0 Å². The summed E-state index contributed by atoms with van der Waals surface area (Å²) in [5, 5.41) is 3.21. The number of benzene rings is 2. The zero-order valence-corrected chi connectivity index (χ0v) is 15.6. The maximum absolute atomic E-state index is 12.3. The lowest BCUT2D eigenvalue weighted by Crippen LogP contribution is -2.27. The van der Waals surface area contributed by atoms with Crippen LogP contribution in [0.2, 0.25) is 10.0 Å². The van der Waals surface area contributed by atoms with Crippen LogP contribution in [0.25, 0.3) is 0 Å². The summed E-state index contributed by atoms with van der Waals surface area (Å²) < 4.78 is 31.9. The Hall–Kier alpha value is -1.80. The molecule has 0 spiro atoms. The van der Waals surface area contributed by atoms with Gasteiger partial charge in [-0.1, -0.05) is 23.2 Å². The first kappa shape index (κ1) is 19.5. The number of carbonyl (C=O) groups is 1. The Morgan fingerprint density at radius 2 is 1.80 bits per heavy atom. The van der Waals surface area contributed by atoms with E-state index in [1.165, 1.54) is 49.6 Å². The molecule has 0 heterocycles. The van der Waals surface area contributed by atoms with Crippen molar-refractivity contribution in [3.63, 3.8) is 0 Å². The predicted octanol–water partition coefficient (Wildman–Crippen LogP) is 3.17. The number of hydrogen-bond acceptors (Lipinski definition) is 4. The van der Waals surface area contributed by atoms with Gasteiger partial charge in [0.25, 0.3) is 15.9 Å². The van der Waals surface area contributed by atoms with E-state index in [1.807, 2.05) is 0 Å². The van der Waals surface area contributed by atoms with Gasteiger partial charge in [-0.15, -0.1) is 0 Å². The Morgan fingerprint density at radius 3 is 2.40 bits per heavy atom. The van der Waals surface area contributed by atoms with Gasteiger partial charge in [-0.25, -0.2) is 8.42 Å². The topological polar surface area (TPSA) is 84.5 Å². The van der Waals surface area contributed by atoms with Crippen LogP contribution in [0.1, 0.15) is 10.4 Å². The molecule has 25 heavy (non-hydrogen) atoms. The maximum Gasteiger partial charge on any atom is 0.261 e. The van der Waals surface area contributed by atoms with Crippen LogP contribution in [0.5, 0.6) is 0 Å². The number of carbonyl (C=O) groups excluding carboxylic acids is 1. The number of ether oxygens (including phenoxy) is 1. The van der Waals surface area contributed by atoms with Crippen molar-refractivity contribution in [3.8, 4) is 0 Å². The van der Waals surface area contributed by atoms with Crippen LogP contribution in [0, 0.1) is 0 Å². The van der Waals surface area contributed by atoms with Crippen LogP contribution in [-0.4, -0.2) is 34.6 Å². The molecule has 0 atom stereocenters. The van der Waals surface area contributed by atoms with Crippen molar-refractivity contribution in [1.82, 2.24) is 5.32 Å². The number of rotatable bonds is 7. The molecule has 0 radical (unpaired) electrons. The van der Waals surface area contributed by atoms with Crippen LogP contribution in [-0.2, 0) is 14.8 Å². The van der Waals surface area contributed by atoms with Gasteiger partial charge in [0.2, 0.25) is 0 Å². The van der Waals surface area contributed by atoms with Crippen molar-refractivity contribution in [1.29, 1.82) is 0 Å². The Morgan fingerprint density at radius 1 is 1.12 bits per heavy atom. The molecule has 0 aliphatic rings. The Labute approximate surface area is 156 Å². The molecule has 0 saturated heterocycles. The highest BCUT2D eigenvalue weighted by Gasteiger charge is 2.16. The number of halogens is 2. The van der Waals surface area contributed by atoms with Crippen LogP contribution in [0.4, 0.5) is 5.69 Å². The van der Waals surface area contributed by atoms with Gasteiger partial charge in [0.1, 0.15) is 0 Å². The van der Waals surface area contributed by atoms with E-state index < -0.39 is 10.0 Å². The van der Waals surface area contributed by atoms with Gasteiger partial charge in [0.15, 0.2) is 0 Å². The smallest absolute Gasteiger partial charge is 0.261 e. The van der Waals surface area contributed by atoms with Gasteiger partial charge in [0, 0.05) is 18.7 Å². The van der Waals surface area contributed by atoms with E-state index in [9.17, 15) is 13.2 Å². The standard InChI is InChI=1S/C16H16Cl2N2O4S/c1-24-9-8-19-16(21)14-7-4-12(10-15(14)18)20-25(22,23)13-5-2-11(17)3-6-13/h2-7,10,20H,8-9H2,1H3,(H,19,21). The van der Waals surface area contributed by atoms with Gasteiger partial charge in [-0.3, -0.25) is 9.52 Å². The molecule has 9 heteroatoms. The van der Waals surface area contributed by atoms with E-state index in [2.05, 4.69) is 10.0 Å². The third-order valence-electron chi connectivity index (χ3n) is 3.18. The first-order valence-corrected chi connectivity index (χ1v) is 9.42. The van der Waals surface area contributed by atoms with Crippen molar-refractivity contribution in [2.24, 2.45) is 0 Å². The lowest BCUT2D eigenvalue weighted by atomic mass is 10.2. The fourth-order valence-electron chi connectivity index (χ4n) is 1.95. The Bertz CT molecular complexity index is 855. The van der Waals surface area contributed by atoms with E-state index in [0.717, 1.165) is 0 Å². The van der Waals surface area contributed by atoms with E-state index in [1.54, 1.807) is 0 Å². The highest BCUT2D eigenvalue weighted by atomic mass is 35.5. The van der Waals surface area contributed by atoms with Crippen LogP contribution in [0.3, 0.4) is 0 Å².